The van der Waals surface area contributed by atoms with Crippen LogP contribution in [-0.4, -0.2) is 10.5 Å². The first-order valence-corrected chi connectivity index (χ1v) is 7.61. The van der Waals surface area contributed by atoms with Crippen molar-refractivity contribution in [3.05, 3.63) is 84.2 Å². The average molecular weight is 303 g/mol. The van der Waals surface area contributed by atoms with E-state index >= 15 is 0 Å². The van der Waals surface area contributed by atoms with E-state index in [0.29, 0.717) is 5.56 Å². The quantitative estimate of drug-likeness (QED) is 0.782. The van der Waals surface area contributed by atoms with Gasteiger partial charge >= 0.3 is 0 Å². The van der Waals surface area contributed by atoms with Crippen molar-refractivity contribution in [3.63, 3.8) is 0 Å². The van der Waals surface area contributed by atoms with Gasteiger partial charge in [-0.05, 0) is 36.4 Å². The number of nitrogens with one attached hydrogen (secondary N) is 1. The van der Waals surface area contributed by atoms with E-state index in [-0.39, 0.29) is 12.1 Å². The molecule has 1 unspecified atom stereocenters. The maximum atomic E-state index is 13.1. The van der Waals surface area contributed by atoms with Crippen molar-refractivity contribution in [2.24, 2.45) is 7.05 Å². The minimum absolute atomic E-state index is 0.0109. The molecule has 0 spiro atoms. The molecule has 0 radical (unpaired) electrons. The lowest BCUT2D eigenvalue weighted by Gasteiger charge is -2.38. The number of aryl methyl sites for hydroxylation is 1. The van der Waals surface area contributed by atoms with E-state index in [2.05, 4.69) is 5.32 Å². The molecule has 2 heterocycles. The van der Waals surface area contributed by atoms with Crippen LogP contribution in [0.4, 0.5) is 11.4 Å². The number of hydrogen-bond donors (Lipinski definition) is 1. The number of carbonyl (C=O) groups is 1. The minimum Gasteiger partial charge on any atom is -0.359 e. The monoisotopic (exact) mass is 303 g/mol. The zero-order valence-electron chi connectivity index (χ0n) is 12.8. The molecular weight excluding hydrogens is 286 g/mol. The van der Waals surface area contributed by atoms with Crippen molar-refractivity contribution in [2.45, 2.75) is 6.17 Å². The zero-order valence-corrected chi connectivity index (χ0v) is 12.8. The number of amides is 1. The van der Waals surface area contributed by atoms with Gasteiger partial charge in [-0.1, -0.05) is 30.3 Å². The summed E-state index contributed by atoms with van der Waals surface area (Å²) in [4.78, 5) is 14.9. The highest BCUT2D eigenvalue weighted by molar-refractivity contribution is 6.12. The molecule has 0 aliphatic carbocycles. The second-order valence-corrected chi connectivity index (χ2v) is 5.65. The Bertz CT molecular complexity index is 854. The molecule has 4 rings (SSSR count). The maximum Gasteiger partial charge on any atom is 0.262 e. The Labute approximate surface area is 135 Å². The molecule has 1 amide bonds. The van der Waals surface area contributed by atoms with Crippen LogP contribution in [0.5, 0.6) is 0 Å². The van der Waals surface area contributed by atoms with Gasteiger partial charge in [0.15, 0.2) is 0 Å². The first kappa shape index (κ1) is 13.6. The average Bonchev–Trinajstić information content (AvgIpc) is 3.01. The van der Waals surface area contributed by atoms with Gasteiger partial charge in [0.1, 0.15) is 6.17 Å². The minimum atomic E-state index is -0.236. The van der Waals surface area contributed by atoms with Crippen LogP contribution in [0.15, 0.2) is 72.9 Å². The highest BCUT2D eigenvalue weighted by Crippen LogP contribution is 2.36. The van der Waals surface area contributed by atoms with Crippen LogP contribution < -0.4 is 10.2 Å². The Kier molecular flexibility index (Phi) is 3.15. The summed E-state index contributed by atoms with van der Waals surface area (Å²) in [6.07, 6.45) is 1.75. The molecule has 1 aliphatic rings. The summed E-state index contributed by atoms with van der Waals surface area (Å²) < 4.78 is 2.04. The number of aromatic nitrogens is 1. The van der Waals surface area contributed by atoms with Crippen LogP contribution in [0, 0.1) is 0 Å². The summed E-state index contributed by atoms with van der Waals surface area (Å²) in [6.45, 7) is 0. The predicted molar refractivity (Wildman–Crippen MR) is 91.5 cm³/mol. The Balaban J connectivity index is 1.89. The number of rotatable bonds is 2. The standard InChI is InChI=1S/C19H17N3O/c1-21-13-7-12-17(21)18-20-16-11-6-5-10-15(16)19(23)22(18)14-8-3-2-4-9-14/h2-13,18,20H,1H3. The number of para-hydroxylation sites is 2. The van der Waals surface area contributed by atoms with Gasteiger partial charge in [0.05, 0.1) is 11.3 Å². The molecule has 1 aliphatic heterocycles. The molecule has 1 atom stereocenters. The summed E-state index contributed by atoms with van der Waals surface area (Å²) in [5, 5.41) is 3.50. The van der Waals surface area contributed by atoms with Gasteiger partial charge < -0.3 is 9.88 Å². The number of carbonyl (C=O) groups excluding carboxylic acids is 1. The van der Waals surface area contributed by atoms with Gasteiger partial charge in [-0.3, -0.25) is 9.69 Å². The van der Waals surface area contributed by atoms with Crippen molar-refractivity contribution < 1.29 is 4.79 Å². The molecule has 0 saturated carbocycles. The van der Waals surface area contributed by atoms with E-state index in [9.17, 15) is 4.79 Å². The van der Waals surface area contributed by atoms with E-state index in [4.69, 9.17) is 0 Å². The molecule has 4 heteroatoms. The van der Waals surface area contributed by atoms with Gasteiger partial charge in [-0.2, -0.15) is 0 Å². The third-order valence-corrected chi connectivity index (χ3v) is 4.23. The number of hydrogen-bond acceptors (Lipinski definition) is 2. The lowest BCUT2D eigenvalue weighted by atomic mass is 10.1. The fourth-order valence-electron chi connectivity index (χ4n) is 3.07. The Morgan fingerprint density at radius 3 is 2.39 bits per heavy atom. The smallest absolute Gasteiger partial charge is 0.262 e. The molecular formula is C19H17N3O. The normalized spacial score (nSPS) is 16.8. The molecule has 3 aromatic rings. The zero-order chi connectivity index (χ0) is 15.8. The SMILES string of the molecule is Cn1cccc1C1Nc2ccccc2C(=O)N1c1ccccc1. The molecule has 23 heavy (non-hydrogen) atoms. The highest BCUT2D eigenvalue weighted by Gasteiger charge is 2.34. The van der Waals surface area contributed by atoms with E-state index < -0.39 is 0 Å². The first-order valence-electron chi connectivity index (χ1n) is 7.61. The van der Waals surface area contributed by atoms with Gasteiger partial charge in [-0.15, -0.1) is 0 Å². The second-order valence-electron chi connectivity index (χ2n) is 5.65. The maximum absolute atomic E-state index is 13.1. The summed E-state index contributed by atoms with van der Waals surface area (Å²) in [5.41, 5.74) is 3.49. The number of nitrogens with zero attached hydrogens (tertiary/aromatic N) is 2. The summed E-state index contributed by atoms with van der Waals surface area (Å²) in [7, 11) is 1.99. The summed E-state index contributed by atoms with van der Waals surface area (Å²) in [6, 6.07) is 21.5. The van der Waals surface area contributed by atoms with E-state index in [1.54, 1.807) is 0 Å². The molecule has 0 saturated heterocycles. The molecule has 2 aromatic carbocycles. The molecule has 1 N–H and O–H groups in total. The summed E-state index contributed by atoms with van der Waals surface area (Å²) >= 11 is 0. The summed E-state index contributed by atoms with van der Waals surface area (Å²) in [5.74, 6) is 0.0109. The van der Waals surface area contributed by atoms with Crippen molar-refractivity contribution >= 4 is 17.3 Å². The largest absolute Gasteiger partial charge is 0.359 e. The van der Waals surface area contributed by atoms with Crippen molar-refractivity contribution in [3.8, 4) is 0 Å². The van der Waals surface area contributed by atoms with Crippen LogP contribution in [0.2, 0.25) is 0 Å². The lowest BCUT2D eigenvalue weighted by Crippen LogP contribution is -2.43. The van der Waals surface area contributed by atoms with Crippen molar-refractivity contribution in [1.82, 2.24) is 4.57 Å². The number of benzene rings is 2. The third kappa shape index (κ3) is 2.19. The van der Waals surface area contributed by atoms with E-state index in [1.807, 2.05) is 89.4 Å². The molecule has 4 nitrogen and oxygen atoms in total. The molecule has 1 aromatic heterocycles. The van der Waals surface area contributed by atoms with Crippen molar-refractivity contribution in [2.75, 3.05) is 10.2 Å². The topological polar surface area (TPSA) is 37.3 Å². The Hall–Kier alpha value is -3.01. The van der Waals surface area contributed by atoms with Crippen LogP contribution >= 0.6 is 0 Å². The Morgan fingerprint density at radius 2 is 1.65 bits per heavy atom. The van der Waals surface area contributed by atoms with Crippen LogP contribution in [0.3, 0.4) is 0 Å². The molecule has 0 fully saturated rings. The van der Waals surface area contributed by atoms with Crippen molar-refractivity contribution in [1.29, 1.82) is 0 Å². The lowest BCUT2D eigenvalue weighted by molar-refractivity contribution is 0.0974. The fraction of sp³-hybridized carbons (Fsp3) is 0.105. The second kappa shape index (κ2) is 5.32. The van der Waals surface area contributed by atoms with E-state index in [0.717, 1.165) is 17.1 Å². The Morgan fingerprint density at radius 1 is 0.913 bits per heavy atom. The molecule has 114 valence electrons. The van der Waals surface area contributed by atoms with E-state index in [1.165, 1.54) is 0 Å². The third-order valence-electron chi connectivity index (χ3n) is 4.23. The van der Waals surface area contributed by atoms with Gasteiger partial charge in [0.2, 0.25) is 0 Å². The van der Waals surface area contributed by atoms with Crippen LogP contribution in [-0.2, 0) is 7.05 Å². The number of anilines is 2. The highest BCUT2D eigenvalue weighted by atomic mass is 16.2. The fourth-order valence-corrected chi connectivity index (χ4v) is 3.07. The molecule has 0 bridgehead atoms. The van der Waals surface area contributed by atoms with Gasteiger partial charge in [0.25, 0.3) is 5.91 Å². The van der Waals surface area contributed by atoms with Crippen LogP contribution in [0.25, 0.3) is 0 Å². The predicted octanol–water partition coefficient (Wildman–Crippen LogP) is 3.80. The first-order chi connectivity index (χ1) is 11.3. The number of fused-ring (bicyclic) bond motifs is 1. The van der Waals surface area contributed by atoms with Gasteiger partial charge in [0, 0.05) is 24.6 Å². The van der Waals surface area contributed by atoms with Gasteiger partial charge in [-0.25, -0.2) is 0 Å². The van der Waals surface area contributed by atoms with Crippen LogP contribution in [0.1, 0.15) is 22.2 Å².